The summed E-state index contributed by atoms with van der Waals surface area (Å²) in [5.41, 5.74) is 1.31. The van der Waals surface area contributed by atoms with Gasteiger partial charge in [0.25, 0.3) is 0 Å². The summed E-state index contributed by atoms with van der Waals surface area (Å²) in [6.45, 7) is 12.1. The van der Waals surface area contributed by atoms with Gasteiger partial charge >= 0.3 is 0 Å². The van der Waals surface area contributed by atoms with Gasteiger partial charge in [0.2, 0.25) is 11.8 Å². The number of fused-ring (bicyclic) bond motifs is 1. The molecule has 6 heteroatoms. The zero-order valence-electron chi connectivity index (χ0n) is 20.6. The van der Waals surface area contributed by atoms with Crippen molar-refractivity contribution in [3.8, 4) is 0 Å². The Labute approximate surface area is 194 Å². The van der Waals surface area contributed by atoms with Crippen LogP contribution in [0, 0.1) is 11.3 Å². The van der Waals surface area contributed by atoms with E-state index in [0.717, 1.165) is 45.4 Å². The van der Waals surface area contributed by atoms with Gasteiger partial charge in [0.05, 0.1) is 6.04 Å². The van der Waals surface area contributed by atoms with Crippen LogP contribution >= 0.6 is 0 Å². The number of carbonyl (C=O) groups is 2. The Morgan fingerprint density at radius 1 is 1.12 bits per heavy atom. The van der Waals surface area contributed by atoms with Crippen LogP contribution in [-0.4, -0.2) is 73.0 Å². The van der Waals surface area contributed by atoms with Crippen LogP contribution in [0.15, 0.2) is 30.3 Å². The van der Waals surface area contributed by atoms with Crippen LogP contribution in [0.1, 0.15) is 52.5 Å². The first-order valence-corrected chi connectivity index (χ1v) is 12.2. The molecule has 0 aliphatic carbocycles. The second-order valence-corrected chi connectivity index (χ2v) is 10.8. The number of piperidine rings is 1. The molecule has 2 N–H and O–H groups in total. The van der Waals surface area contributed by atoms with Crippen molar-refractivity contribution in [2.24, 2.45) is 11.3 Å². The standard InChI is InChI=1S/C26H42N4O2/c1-19(27-5)24(31)28-22(17-26(2,3)4)25(32)30-16-13-21-12-15-29(18-23(21)30)14-11-20-9-7-6-8-10-20/h6-10,19,21-23,27H,11-18H2,1-5H3,(H,28,31)/t19-,21+,22-,23+/m0/s1. The summed E-state index contributed by atoms with van der Waals surface area (Å²) < 4.78 is 0. The largest absolute Gasteiger partial charge is 0.343 e. The molecule has 0 aromatic heterocycles. The van der Waals surface area contributed by atoms with Gasteiger partial charge in [-0.1, -0.05) is 51.1 Å². The molecule has 2 heterocycles. The molecule has 2 fully saturated rings. The molecule has 2 aliphatic rings. The number of likely N-dealkylation sites (N-methyl/N-ethyl adjacent to an activating group) is 1. The van der Waals surface area contributed by atoms with E-state index >= 15 is 0 Å². The van der Waals surface area contributed by atoms with Gasteiger partial charge < -0.3 is 20.4 Å². The van der Waals surface area contributed by atoms with Crippen molar-refractivity contribution < 1.29 is 9.59 Å². The highest BCUT2D eigenvalue weighted by molar-refractivity contribution is 5.90. The summed E-state index contributed by atoms with van der Waals surface area (Å²) in [5, 5.41) is 6.02. The average Bonchev–Trinajstić information content (AvgIpc) is 3.19. The van der Waals surface area contributed by atoms with Crippen LogP contribution in [-0.2, 0) is 16.0 Å². The van der Waals surface area contributed by atoms with Crippen molar-refractivity contribution in [2.75, 3.05) is 33.2 Å². The summed E-state index contributed by atoms with van der Waals surface area (Å²) in [6.07, 6.45) is 3.90. The second-order valence-electron chi connectivity index (χ2n) is 10.8. The van der Waals surface area contributed by atoms with E-state index in [2.05, 4.69) is 71.5 Å². The Balaban J connectivity index is 1.66. The minimum Gasteiger partial charge on any atom is -0.343 e. The van der Waals surface area contributed by atoms with Crippen LogP contribution in [0.4, 0.5) is 0 Å². The van der Waals surface area contributed by atoms with Crippen LogP contribution < -0.4 is 10.6 Å². The maximum absolute atomic E-state index is 13.7. The molecule has 32 heavy (non-hydrogen) atoms. The topological polar surface area (TPSA) is 64.7 Å². The summed E-state index contributed by atoms with van der Waals surface area (Å²) in [4.78, 5) is 30.9. The minimum atomic E-state index is -0.475. The first-order valence-electron chi connectivity index (χ1n) is 12.2. The summed E-state index contributed by atoms with van der Waals surface area (Å²) >= 11 is 0. The number of nitrogens with one attached hydrogen (secondary N) is 2. The predicted molar refractivity (Wildman–Crippen MR) is 129 cm³/mol. The molecule has 0 spiro atoms. The number of carbonyl (C=O) groups excluding carboxylic acids is 2. The van der Waals surface area contributed by atoms with Gasteiger partial charge in [0, 0.05) is 25.7 Å². The fourth-order valence-corrected chi connectivity index (χ4v) is 5.06. The quantitative estimate of drug-likeness (QED) is 0.650. The van der Waals surface area contributed by atoms with Crippen LogP contribution in [0.5, 0.6) is 0 Å². The molecule has 2 saturated heterocycles. The van der Waals surface area contributed by atoms with Gasteiger partial charge in [0.1, 0.15) is 6.04 Å². The van der Waals surface area contributed by atoms with Crippen LogP contribution in [0.25, 0.3) is 0 Å². The number of hydrogen-bond donors (Lipinski definition) is 2. The molecule has 0 bridgehead atoms. The Bertz CT molecular complexity index is 761. The highest BCUT2D eigenvalue weighted by atomic mass is 16.2. The molecule has 178 valence electrons. The average molecular weight is 443 g/mol. The SMILES string of the molecule is CN[C@@H](C)C(=O)N[C@@H](CC(C)(C)C)C(=O)N1CC[C@H]2CCN(CCc3ccccc3)C[C@H]21. The third-order valence-electron chi connectivity index (χ3n) is 7.05. The lowest BCUT2D eigenvalue weighted by Crippen LogP contribution is -2.57. The zero-order chi connectivity index (χ0) is 23.3. The second kappa shape index (κ2) is 10.8. The molecule has 2 amide bonds. The maximum Gasteiger partial charge on any atom is 0.245 e. The molecule has 1 aromatic carbocycles. The number of nitrogens with zero attached hydrogens (tertiary/aromatic N) is 2. The van der Waals surface area contributed by atoms with Gasteiger partial charge in [-0.2, -0.15) is 0 Å². The fraction of sp³-hybridized carbons (Fsp3) is 0.692. The van der Waals surface area contributed by atoms with E-state index in [9.17, 15) is 9.59 Å². The number of likely N-dealkylation sites (tertiary alicyclic amines) is 2. The van der Waals surface area contributed by atoms with E-state index in [1.807, 2.05) is 6.92 Å². The normalized spacial score (nSPS) is 23.5. The maximum atomic E-state index is 13.7. The molecule has 0 saturated carbocycles. The Morgan fingerprint density at radius 3 is 2.47 bits per heavy atom. The molecule has 4 atom stereocenters. The molecule has 6 nitrogen and oxygen atoms in total. The number of hydrogen-bond acceptors (Lipinski definition) is 4. The molecular weight excluding hydrogens is 400 g/mol. The molecule has 0 unspecified atom stereocenters. The number of benzene rings is 1. The number of rotatable bonds is 8. The van der Waals surface area contributed by atoms with Gasteiger partial charge in [-0.25, -0.2) is 0 Å². The van der Waals surface area contributed by atoms with Crippen molar-refractivity contribution in [1.82, 2.24) is 20.4 Å². The fourth-order valence-electron chi connectivity index (χ4n) is 5.06. The van der Waals surface area contributed by atoms with Gasteiger partial charge in [-0.15, -0.1) is 0 Å². The van der Waals surface area contributed by atoms with E-state index < -0.39 is 6.04 Å². The van der Waals surface area contributed by atoms with E-state index in [4.69, 9.17) is 0 Å². The molecule has 0 radical (unpaired) electrons. The smallest absolute Gasteiger partial charge is 0.245 e. The van der Waals surface area contributed by atoms with E-state index in [1.54, 1.807) is 7.05 Å². The van der Waals surface area contributed by atoms with Crippen molar-refractivity contribution in [3.05, 3.63) is 35.9 Å². The lowest BCUT2D eigenvalue weighted by atomic mass is 9.87. The Kier molecular flexibility index (Phi) is 8.34. The van der Waals surface area contributed by atoms with E-state index in [1.165, 1.54) is 5.56 Å². The lowest BCUT2D eigenvalue weighted by molar-refractivity contribution is -0.139. The van der Waals surface area contributed by atoms with E-state index in [0.29, 0.717) is 12.3 Å². The predicted octanol–water partition coefficient (Wildman–Crippen LogP) is 2.68. The summed E-state index contributed by atoms with van der Waals surface area (Å²) in [5.74, 6) is 0.558. The lowest BCUT2D eigenvalue weighted by Gasteiger charge is -2.40. The molecule has 1 aromatic rings. The minimum absolute atomic E-state index is 0.0517. The Morgan fingerprint density at radius 2 is 1.81 bits per heavy atom. The third kappa shape index (κ3) is 6.55. The van der Waals surface area contributed by atoms with Gasteiger partial charge in [-0.05, 0) is 63.1 Å². The summed E-state index contributed by atoms with van der Waals surface area (Å²) in [7, 11) is 1.77. The highest BCUT2D eigenvalue weighted by Crippen LogP contribution is 2.33. The van der Waals surface area contributed by atoms with Crippen molar-refractivity contribution in [1.29, 1.82) is 0 Å². The monoisotopic (exact) mass is 442 g/mol. The Hall–Kier alpha value is -1.92. The number of amides is 2. The van der Waals surface area contributed by atoms with Gasteiger partial charge in [0.15, 0.2) is 0 Å². The highest BCUT2D eigenvalue weighted by Gasteiger charge is 2.43. The molecule has 2 aliphatic heterocycles. The van der Waals surface area contributed by atoms with E-state index in [-0.39, 0.29) is 29.3 Å². The first-order chi connectivity index (χ1) is 15.2. The molecular formula is C26H42N4O2. The zero-order valence-corrected chi connectivity index (χ0v) is 20.6. The van der Waals surface area contributed by atoms with Crippen LogP contribution in [0.3, 0.4) is 0 Å². The van der Waals surface area contributed by atoms with Crippen molar-refractivity contribution >= 4 is 11.8 Å². The summed E-state index contributed by atoms with van der Waals surface area (Å²) in [6, 6.07) is 10.1. The van der Waals surface area contributed by atoms with Gasteiger partial charge in [-0.3, -0.25) is 9.59 Å². The first kappa shape index (κ1) is 24.7. The van der Waals surface area contributed by atoms with Crippen molar-refractivity contribution in [2.45, 2.75) is 71.5 Å². The molecule has 3 rings (SSSR count). The van der Waals surface area contributed by atoms with Crippen molar-refractivity contribution in [3.63, 3.8) is 0 Å². The third-order valence-corrected chi connectivity index (χ3v) is 7.05. The van der Waals surface area contributed by atoms with Crippen LogP contribution in [0.2, 0.25) is 0 Å².